The Balaban J connectivity index is 2.08. The van der Waals surface area contributed by atoms with Gasteiger partial charge < -0.3 is 5.32 Å². The van der Waals surface area contributed by atoms with Gasteiger partial charge in [-0.2, -0.15) is 5.26 Å². The fraction of sp³-hybridized carbons (Fsp3) is 0.154. The van der Waals surface area contributed by atoms with Crippen molar-refractivity contribution in [3.8, 4) is 17.2 Å². The van der Waals surface area contributed by atoms with E-state index in [1.807, 2.05) is 30.3 Å². The van der Waals surface area contributed by atoms with Crippen molar-refractivity contribution in [2.24, 2.45) is 0 Å². The Morgan fingerprint density at radius 2 is 1.78 bits per heavy atom. The molecule has 0 unspecified atom stereocenters. The number of rotatable bonds is 4. The van der Waals surface area contributed by atoms with E-state index in [1.54, 1.807) is 12.4 Å². The first kappa shape index (κ1) is 12.3. The Morgan fingerprint density at radius 3 is 2.39 bits per heavy atom. The van der Waals surface area contributed by atoms with Crippen molar-refractivity contribution in [2.45, 2.75) is 6.42 Å². The standard InChI is InChI=1S/C13H11ClN4/c14-12-4-2-10(3-5-12)11-8-17-13(18-9-11)16-7-1-6-15/h2-5,8-9H,1,7H2,(H,16,17,18). The zero-order valence-electron chi connectivity index (χ0n) is 9.60. The number of benzene rings is 1. The lowest BCUT2D eigenvalue weighted by molar-refractivity contribution is 1.02. The summed E-state index contributed by atoms with van der Waals surface area (Å²) >= 11 is 5.83. The molecule has 0 spiro atoms. The number of aromatic nitrogens is 2. The monoisotopic (exact) mass is 258 g/mol. The Bertz CT molecular complexity index is 543. The maximum atomic E-state index is 8.42. The van der Waals surface area contributed by atoms with E-state index >= 15 is 0 Å². The first-order chi connectivity index (χ1) is 8.79. The molecule has 2 aromatic rings. The molecule has 90 valence electrons. The van der Waals surface area contributed by atoms with Gasteiger partial charge in [-0.05, 0) is 17.7 Å². The second kappa shape index (κ2) is 5.99. The number of nitrogens with one attached hydrogen (secondary N) is 1. The molecule has 0 aliphatic carbocycles. The third kappa shape index (κ3) is 3.19. The average molecular weight is 259 g/mol. The van der Waals surface area contributed by atoms with Crippen molar-refractivity contribution in [3.63, 3.8) is 0 Å². The van der Waals surface area contributed by atoms with Crippen molar-refractivity contribution >= 4 is 17.5 Å². The quantitative estimate of drug-likeness (QED) is 0.856. The van der Waals surface area contributed by atoms with Crippen LogP contribution in [0.3, 0.4) is 0 Å². The largest absolute Gasteiger partial charge is 0.353 e. The van der Waals surface area contributed by atoms with Crippen LogP contribution >= 0.6 is 11.6 Å². The third-order valence-electron chi connectivity index (χ3n) is 2.35. The van der Waals surface area contributed by atoms with Crippen LogP contribution in [0, 0.1) is 11.3 Å². The van der Waals surface area contributed by atoms with Gasteiger partial charge in [0.25, 0.3) is 0 Å². The highest BCUT2D eigenvalue weighted by molar-refractivity contribution is 6.30. The van der Waals surface area contributed by atoms with Crippen LogP contribution < -0.4 is 5.32 Å². The maximum absolute atomic E-state index is 8.42. The van der Waals surface area contributed by atoms with Gasteiger partial charge >= 0.3 is 0 Å². The highest BCUT2D eigenvalue weighted by atomic mass is 35.5. The average Bonchev–Trinajstić information content (AvgIpc) is 2.41. The Hall–Kier alpha value is -2.12. The first-order valence-corrected chi connectivity index (χ1v) is 5.86. The van der Waals surface area contributed by atoms with Crippen LogP contribution in [0.15, 0.2) is 36.7 Å². The van der Waals surface area contributed by atoms with Gasteiger partial charge in [-0.3, -0.25) is 0 Å². The van der Waals surface area contributed by atoms with Crippen LogP contribution in [-0.2, 0) is 0 Å². The third-order valence-corrected chi connectivity index (χ3v) is 2.60. The van der Waals surface area contributed by atoms with Crippen molar-refractivity contribution in [3.05, 3.63) is 41.7 Å². The molecule has 4 nitrogen and oxygen atoms in total. The minimum atomic E-state index is 0.433. The van der Waals surface area contributed by atoms with E-state index in [1.165, 1.54) is 0 Å². The maximum Gasteiger partial charge on any atom is 0.222 e. The summed E-state index contributed by atoms with van der Waals surface area (Å²) < 4.78 is 0. The first-order valence-electron chi connectivity index (χ1n) is 5.48. The molecule has 0 saturated heterocycles. The zero-order valence-corrected chi connectivity index (χ0v) is 10.4. The van der Waals surface area contributed by atoms with Crippen LogP contribution in [-0.4, -0.2) is 16.5 Å². The minimum absolute atomic E-state index is 0.433. The minimum Gasteiger partial charge on any atom is -0.353 e. The molecular weight excluding hydrogens is 248 g/mol. The summed E-state index contributed by atoms with van der Waals surface area (Å²) in [5.41, 5.74) is 1.94. The SMILES string of the molecule is N#CCCNc1ncc(-c2ccc(Cl)cc2)cn1. The van der Waals surface area contributed by atoms with E-state index in [2.05, 4.69) is 15.3 Å². The molecule has 1 aromatic carbocycles. The second-order valence-electron chi connectivity index (χ2n) is 3.64. The van der Waals surface area contributed by atoms with Crippen LogP contribution in [0.1, 0.15) is 6.42 Å². The lowest BCUT2D eigenvalue weighted by Gasteiger charge is -2.04. The molecule has 1 N–H and O–H groups in total. The smallest absolute Gasteiger partial charge is 0.222 e. The molecule has 2 rings (SSSR count). The molecule has 0 aliphatic rings. The molecule has 0 atom stereocenters. The Morgan fingerprint density at radius 1 is 1.11 bits per heavy atom. The summed E-state index contributed by atoms with van der Waals surface area (Å²) in [5, 5.41) is 12.1. The second-order valence-corrected chi connectivity index (χ2v) is 4.07. The topological polar surface area (TPSA) is 61.6 Å². The van der Waals surface area contributed by atoms with Crippen LogP contribution in [0.5, 0.6) is 0 Å². The number of halogens is 1. The molecule has 0 amide bonds. The molecule has 0 bridgehead atoms. The summed E-state index contributed by atoms with van der Waals surface area (Å²) in [6.07, 6.45) is 3.91. The number of anilines is 1. The summed E-state index contributed by atoms with van der Waals surface area (Å²) in [7, 11) is 0. The lowest BCUT2D eigenvalue weighted by Crippen LogP contribution is -2.04. The van der Waals surface area contributed by atoms with E-state index in [4.69, 9.17) is 16.9 Å². The van der Waals surface area contributed by atoms with Crippen molar-refractivity contribution in [1.82, 2.24) is 9.97 Å². The van der Waals surface area contributed by atoms with E-state index in [0.717, 1.165) is 11.1 Å². The van der Waals surface area contributed by atoms with E-state index < -0.39 is 0 Å². The fourth-order valence-electron chi connectivity index (χ4n) is 1.44. The predicted octanol–water partition coefficient (Wildman–Crippen LogP) is 3.12. The summed E-state index contributed by atoms with van der Waals surface area (Å²) in [4.78, 5) is 8.37. The summed E-state index contributed by atoms with van der Waals surface area (Å²) in [6, 6.07) is 9.55. The van der Waals surface area contributed by atoms with E-state index in [-0.39, 0.29) is 0 Å². The molecule has 5 heteroatoms. The highest BCUT2D eigenvalue weighted by Gasteiger charge is 2.00. The van der Waals surface area contributed by atoms with Crippen LogP contribution in [0.4, 0.5) is 5.95 Å². The van der Waals surface area contributed by atoms with Gasteiger partial charge in [0, 0.05) is 29.5 Å². The fourth-order valence-corrected chi connectivity index (χ4v) is 1.57. The van der Waals surface area contributed by atoms with Gasteiger partial charge in [0.2, 0.25) is 5.95 Å². The zero-order chi connectivity index (χ0) is 12.8. The van der Waals surface area contributed by atoms with Gasteiger partial charge in [-0.15, -0.1) is 0 Å². The predicted molar refractivity (Wildman–Crippen MR) is 71.2 cm³/mol. The molecule has 0 radical (unpaired) electrons. The summed E-state index contributed by atoms with van der Waals surface area (Å²) in [6.45, 7) is 0.552. The van der Waals surface area contributed by atoms with Gasteiger partial charge in [-0.1, -0.05) is 23.7 Å². The molecule has 18 heavy (non-hydrogen) atoms. The van der Waals surface area contributed by atoms with Gasteiger partial charge in [0.1, 0.15) is 0 Å². The lowest BCUT2D eigenvalue weighted by atomic mass is 10.1. The van der Waals surface area contributed by atoms with Crippen molar-refractivity contribution in [2.75, 3.05) is 11.9 Å². The van der Waals surface area contributed by atoms with Crippen LogP contribution in [0.2, 0.25) is 5.02 Å². The van der Waals surface area contributed by atoms with Crippen LogP contribution in [0.25, 0.3) is 11.1 Å². The van der Waals surface area contributed by atoms with Crippen molar-refractivity contribution < 1.29 is 0 Å². The Kier molecular flexibility index (Phi) is 4.11. The number of hydrogen-bond acceptors (Lipinski definition) is 4. The molecule has 0 fully saturated rings. The summed E-state index contributed by atoms with van der Waals surface area (Å²) in [5.74, 6) is 0.531. The molecule has 0 aliphatic heterocycles. The molecule has 0 saturated carbocycles. The number of nitrogens with zero attached hydrogens (tertiary/aromatic N) is 3. The van der Waals surface area contributed by atoms with Gasteiger partial charge in [-0.25, -0.2) is 9.97 Å². The van der Waals surface area contributed by atoms with E-state index in [0.29, 0.717) is 23.9 Å². The number of hydrogen-bond donors (Lipinski definition) is 1. The molecule has 1 heterocycles. The Labute approximate surface area is 110 Å². The normalized spacial score (nSPS) is 9.78. The van der Waals surface area contributed by atoms with E-state index in [9.17, 15) is 0 Å². The van der Waals surface area contributed by atoms with Gasteiger partial charge in [0.05, 0.1) is 12.5 Å². The van der Waals surface area contributed by atoms with Gasteiger partial charge in [0.15, 0.2) is 0 Å². The molecule has 1 aromatic heterocycles. The van der Waals surface area contributed by atoms with Crippen molar-refractivity contribution in [1.29, 1.82) is 5.26 Å². The number of nitriles is 1. The highest BCUT2D eigenvalue weighted by Crippen LogP contribution is 2.20. The molecular formula is C13H11ClN4.